The molecule has 0 unspecified atom stereocenters. The maximum absolute atomic E-state index is 14.0. The van der Waals surface area contributed by atoms with Crippen molar-refractivity contribution in [3.8, 4) is 11.5 Å². The van der Waals surface area contributed by atoms with Gasteiger partial charge in [-0.25, -0.2) is 4.79 Å². The molecule has 4 rings (SSSR count). The summed E-state index contributed by atoms with van der Waals surface area (Å²) in [6.07, 6.45) is -0.168. The van der Waals surface area contributed by atoms with Gasteiger partial charge in [0.2, 0.25) is 0 Å². The van der Waals surface area contributed by atoms with Crippen molar-refractivity contribution in [1.29, 1.82) is 0 Å². The summed E-state index contributed by atoms with van der Waals surface area (Å²) >= 11 is 0. The Morgan fingerprint density at radius 2 is 1.74 bits per heavy atom. The number of hydrogen-bond acceptors (Lipinski definition) is 9. The summed E-state index contributed by atoms with van der Waals surface area (Å²) in [5.74, 6) is -1.38. The number of carbonyl (C=O) groups excluding carboxylic acids is 3. The number of fused-ring (bicyclic) bond motifs is 1. The highest BCUT2D eigenvalue weighted by Crippen LogP contribution is 2.75. The van der Waals surface area contributed by atoms with Crippen LogP contribution in [0, 0.1) is 5.41 Å². The van der Waals surface area contributed by atoms with Crippen molar-refractivity contribution >= 4 is 26.2 Å². The second-order valence-corrected chi connectivity index (χ2v) is 15.3. The fourth-order valence-electron chi connectivity index (χ4n) is 6.81. The van der Waals surface area contributed by atoms with Crippen molar-refractivity contribution in [2.75, 3.05) is 27.4 Å². The number of rotatable bonds is 9. The Morgan fingerprint density at radius 1 is 1.13 bits per heavy atom. The van der Waals surface area contributed by atoms with Crippen molar-refractivity contribution in [3.05, 3.63) is 35.9 Å². The molecule has 1 aromatic carbocycles. The van der Waals surface area contributed by atoms with Crippen LogP contribution in [0.3, 0.4) is 0 Å². The summed E-state index contributed by atoms with van der Waals surface area (Å²) in [5, 5.41) is 11.6. The lowest BCUT2D eigenvalue weighted by molar-refractivity contribution is -0.251. The van der Waals surface area contributed by atoms with Gasteiger partial charge in [0.05, 0.1) is 27.4 Å². The van der Waals surface area contributed by atoms with Crippen LogP contribution in [0.2, 0.25) is 19.6 Å². The van der Waals surface area contributed by atoms with Gasteiger partial charge in [0.25, 0.3) is 5.91 Å². The quantitative estimate of drug-likeness (QED) is 0.282. The molecule has 1 spiro atoms. The van der Waals surface area contributed by atoms with Gasteiger partial charge in [0, 0.05) is 12.8 Å². The van der Waals surface area contributed by atoms with Gasteiger partial charge in [0.1, 0.15) is 22.6 Å². The number of ether oxygens (including phenoxy) is 4. The van der Waals surface area contributed by atoms with Crippen LogP contribution < -0.4 is 9.47 Å². The van der Waals surface area contributed by atoms with E-state index in [0.29, 0.717) is 22.6 Å². The standard InChI is InChI=1S/C27H37NO9Si/c1-9-25(37-38(6,7)8)15-26(24(32)36-11-3)21(29)22(30)28-18(23(31)35-10-2)12-16-13-19(33-4)20(34-5)14-17(16)27(25,26)28/h9,13-14,18,21,29H,1,10-12,15H2,2-8H3/t18-,21-,25+,26+,27+/m0/s1. The molecule has 1 saturated heterocycles. The van der Waals surface area contributed by atoms with Crippen LogP contribution >= 0.6 is 0 Å². The summed E-state index contributed by atoms with van der Waals surface area (Å²) in [7, 11) is 0.586. The Balaban J connectivity index is 2.17. The second-order valence-electron chi connectivity index (χ2n) is 10.8. The third-order valence-electron chi connectivity index (χ3n) is 7.84. The van der Waals surface area contributed by atoms with Gasteiger partial charge >= 0.3 is 11.9 Å². The van der Waals surface area contributed by atoms with E-state index in [2.05, 4.69) is 6.58 Å². The molecule has 1 amide bonds. The van der Waals surface area contributed by atoms with Crippen molar-refractivity contribution in [2.45, 2.75) is 69.6 Å². The first-order valence-corrected chi connectivity index (χ1v) is 16.2. The Labute approximate surface area is 223 Å². The summed E-state index contributed by atoms with van der Waals surface area (Å²) in [6, 6.07) is 2.30. The predicted octanol–water partition coefficient (Wildman–Crippen LogP) is 2.32. The number of benzene rings is 1. The van der Waals surface area contributed by atoms with Crippen LogP contribution in [-0.4, -0.2) is 81.3 Å². The molecule has 1 N–H and O–H groups in total. The maximum atomic E-state index is 14.0. The minimum atomic E-state index is -2.40. The molecule has 0 radical (unpaired) electrons. The van der Waals surface area contributed by atoms with Crippen molar-refractivity contribution in [2.24, 2.45) is 5.41 Å². The number of nitrogens with zero attached hydrogens (tertiary/aromatic N) is 1. The zero-order chi connectivity index (χ0) is 28.3. The van der Waals surface area contributed by atoms with Crippen molar-refractivity contribution < 1.29 is 42.9 Å². The zero-order valence-electron chi connectivity index (χ0n) is 23.1. The lowest BCUT2D eigenvalue weighted by Gasteiger charge is -2.70. The summed E-state index contributed by atoms with van der Waals surface area (Å²) in [6.45, 7) is 13.5. The van der Waals surface area contributed by atoms with Gasteiger partial charge in [-0.3, -0.25) is 9.59 Å². The average Bonchev–Trinajstić information content (AvgIpc) is 3.03. The maximum Gasteiger partial charge on any atom is 0.329 e. The number of carbonyl (C=O) groups is 3. The molecular weight excluding hydrogens is 510 g/mol. The first-order valence-electron chi connectivity index (χ1n) is 12.8. The van der Waals surface area contributed by atoms with E-state index in [-0.39, 0.29) is 26.1 Å². The van der Waals surface area contributed by atoms with Gasteiger partial charge in [-0.1, -0.05) is 6.08 Å². The van der Waals surface area contributed by atoms with E-state index in [1.165, 1.54) is 19.1 Å². The zero-order valence-corrected chi connectivity index (χ0v) is 24.1. The molecule has 1 aromatic rings. The Hall–Kier alpha value is -2.89. The smallest absolute Gasteiger partial charge is 0.329 e. The highest BCUT2D eigenvalue weighted by molar-refractivity contribution is 6.69. The lowest BCUT2D eigenvalue weighted by atomic mass is 9.42. The summed E-state index contributed by atoms with van der Waals surface area (Å²) < 4.78 is 28.8. The highest BCUT2D eigenvalue weighted by Gasteiger charge is 2.90. The first kappa shape index (κ1) is 28.1. The molecule has 2 aliphatic heterocycles. The fraction of sp³-hybridized carbons (Fsp3) is 0.593. The van der Waals surface area contributed by atoms with E-state index < -0.39 is 54.9 Å². The molecule has 0 bridgehead atoms. The largest absolute Gasteiger partial charge is 0.493 e. The second kappa shape index (κ2) is 9.39. The van der Waals surface area contributed by atoms with E-state index in [1.807, 2.05) is 19.6 Å². The third-order valence-corrected chi connectivity index (χ3v) is 8.82. The predicted molar refractivity (Wildman–Crippen MR) is 139 cm³/mol. The fourth-order valence-corrected chi connectivity index (χ4v) is 8.21. The summed E-state index contributed by atoms with van der Waals surface area (Å²) in [4.78, 5) is 42.6. The van der Waals surface area contributed by atoms with Crippen LogP contribution in [0.15, 0.2) is 24.8 Å². The Morgan fingerprint density at radius 3 is 2.26 bits per heavy atom. The molecule has 11 heteroatoms. The molecule has 1 saturated carbocycles. The molecule has 0 aromatic heterocycles. The van der Waals surface area contributed by atoms with E-state index in [1.54, 1.807) is 32.1 Å². The number of hydrogen-bond donors (Lipinski definition) is 1. The monoisotopic (exact) mass is 547 g/mol. The van der Waals surface area contributed by atoms with Crippen LogP contribution in [0.5, 0.6) is 11.5 Å². The van der Waals surface area contributed by atoms with Crippen LogP contribution in [-0.2, 0) is 40.2 Å². The van der Waals surface area contributed by atoms with Crippen LogP contribution in [0.4, 0.5) is 0 Å². The third kappa shape index (κ3) is 3.41. The Bertz CT molecular complexity index is 1180. The molecule has 2 fully saturated rings. The Kier molecular flexibility index (Phi) is 6.95. The van der Waals surface area contributed by atoms with E-state index in [9.17, 15) is 19.5 Å². The molecule has 208 valence electrons. The van der Waals surface area contributed by atoms with Crippen LogP contribution in [0.1, 0.15) is 31.4 Å². The molecule has 2 heterocycles. The normalized spacial score (nSPS) is 31.4. The van der Waals surface area contributed by atoms with E-state index in [0.717, 1.165) is 0 Å². The molecule has 1 aliphatic carbocycles. The lowest BCUT2D eigenvalue weighted by Crippen LogP contribution is -2.82. The molecule has 5 atom stereocenters. The van der Waals surface area contributed by atoms with Crippen molar-refractivity contribution in [3.63, 3.8) is 0 Å². The molecule has 3 aliphatic rings. The van der Waals surface area contributed by atoms with Crippen molar-refractivity contribution in [1.82, 2.24) is 4.90 Å². The van der Waals surface area contributed by atoms with Gasteiger partial charge in [-0.05, 0) is 56.7 Å². The van der Waals surface area contributed by atoms with Gasteiger partial charge in [-0.15, -0.1) is 6.58 Å². The topological polar surface area (TPSA) is 121 Å². The number of aliphatic hydroxyl groups is 1. The van der Waals surface area contributed by atoms with Crippen LogP contribution in [0.25, 0.3) is 0 Å². The highest BCUT2D eigenvalue weighted by atomic mass is 28.4. The van der Waals surface area contributed by atoms with Gasteiger partial charge < -0.3 is 33.4 Å². The summed E-state index contributed by atoms with van der Waals surface area (Å²) in [5.41, 5.74) is -3.60. The SMILES string of the molecule is C=C[C@@]1(O[Si](C)(C)C)C[C@]2(C(=O)OCC)[C@@H](O)C(=O)N3[C@H](C(=O)OCC)Cc4cc(OC)c(OC)cc4[C@@]312. The van der Waals surface area contributed by atoms with Gasteiger partial charge in [0.15, 0.2) is 25.9 Å². The average molecular weight is 548 g/mol. The minimum Gasteiger partial charge on any atom is -0.493 e. The van der Waals surface area contributed by atoms with Gasteiger partial charge in [-0.2, -0.15) is 0 Å². The first-order chi connectivity index (χ1) is 17.8. The number of aliphatic hydroxyl groups excluding tert-OH is 1. The number of esters is 2. The van der Waals surface area contributed by atoms with E-state index in [4.69, 9.17) is 23.4 Å². The number of amides is 1. The molecule has 38 heavy (non-hydrogen) atoms. The molecule has 10 nitrogen and oxygen atoms in total. The van der Waals surface area contributed by atoms with E-state index >= 15 is 0 Å². The number of methoxy groups -OCH3 is 2. The molecular formula is C27H37NO9Si. The minimum absolute atomic E-state index is 0.0354.